The average molecular weight is 245 g/mol. The van der Waals surface area contributed by atoms with E-state index in [1.54, 1.807) is 31.2 Å². The Morgan fingerprint density at radius 1 is 1.38 bits per heavy atom. The van der Waals surface area contributed by atoms with Gasteiger partial charge in [0.15, 0.2) is 0 Å². The van der Waals surface area contributed by atoms with Crippen molar-refractivity contribution in [2.24, 2.45) is 0 Å². The van der Waals surface area contributed by atoms with Crippen LogP contribution in [0.2, 0.25) is 0 Å². The van der Waals surface area contributed by atoms with Gasteiger partial charge in [0.2, 0.25) is 0 Å². The molecule has 13 heavy (non-hydrogen) atoms. The van der Waals surface area contributed by atoms with Gasteiger partial charge in [-0.25, -0.2) is 4.57 Å². The molecule has 1 aromatic carbocycles. The number of para-hydroxylation sites is 1. The molecule has 0 spiro atoms. The van der Waals surface area contributed by atoms with Crippen LogP contribution in [0.1, 0.15) is 6.92 Å². The smallest absolute Gasteiger partial charge is 0.376 e. The van der Waals surface area contributed by atoms with Crippen LogP contribution in [0.15, 0.2) is 30.3 Å². The van der Waals surface area contributed by atoms with Gasteiger partial charge in [-0.05, 0) is 12.1 Å². The summed E-state index contributed by atoms with van der Waals surface area (Å²) in [6, 6.07) is 8.63. The van der Waals surface area contributed by atoms with E-state index in [9.17, 15) is 4.57 Å². The first-order chi connectivity index (χ1) is 5.64. The van der Waals surface area contributed by atoms with E-state index in [0.717, 1.165) is 0 Å². The van der Waals surface area contributed by atoms with Crippen molar-refractivity contribution in [1.82, 2.24) is 0 Å². The zero-order valence-corrected chi connectivity index (χ0v) is 9.07. The summed E-state index contributed by atoms with van der Waals surface area (Å²) in [5.41, 5.74) is 0. The molecule has 0 fully saturated rings. The Labute approximate surface area is 87.9 Å². The summed E-state index contributed by atoms with van der Waals surface area (Å²) in [5.74, 6) is 0.435. The van der Waals surface area contributed by atoms with Crippen molar-refractivity contribution in [3.63, 3.8) is 0 Å². The fourth-order valence-electron chi connectivity index (χ4n) is 0.711. The third kappa shape index (κ3) is 4.48. The molecule has 0 heterocycles. The molecule has 0 saturated carbocycles. The van der Waals surface area contributed by atoms with E-state index >= 15 is 0 Å². The molecule has 1 radical (unpaired) electrons. The predicted molar refractivity (Wildman–Crippen MR) is 47.4 cm³/mol. The normalized spacial score (nSPS) is 14.0. The van der Waals surface area contributed by atoms with Crippen molar-refractivity contribution in [2.45, 2.75) is 6.92 Å². The molecule has 3 nitrogen and oxygen atoms in total. The van der Waals surface area contributed by atoms with Crippen molar-refractivity contribution < 1.29 is 30.8 Å². The van der Waals surface area contributed by atoms with Crippen LogP contribution >= 0.6 is 7.60 Å². The van der Waals surface area contributed by atoms with Gasteiger partial charge < -0.3 is 9.42 Å². The molecule has 1 unspecified atom stereocenters. The summed E-state index contributed by atoms with van der Waals surface area (Å²) < 4.78 is 15.9. The average Bonchev–Trinajstić information content (AvgIpc) is 2.06. The number of hydrogen-bond acceptors (Lipinski definition) is 2. The number of hydrogen-bond donors (Lipinski definition) is 1. The Kier molecular flexibility index (Phi) is 5.33. The Morgan fingerprint density at radius 3 is 2.38 bits per heavy atom. The van der Waals surface area contributed by atoms with Crippen molar-refractivity contribution in [2.75, 3.05) is 6.16 Å². The molecule has 0 aromatic heterocycles. The Balaban J connectivity index is 0.00000144. The van der Waals surface area contributed by atoms with Crippen LogP contribution in [0.25, 0.3) is 0 Å². The van der Waals surface area contributed by atoms with Crippen molar-refractivity contribution in [3.05, 3.63) is 30.3 Å². The van der Waals surface area contributed by atoms with Crippen LogP contribution in [0.3, 0.4) is 0 Å². The van der Waals surface area contributed by atoms with Gasteiger partial charge in [-0.2, -0.15) is 0 Å². The van der Waals surface area contributed by atoms with Gasteiger partial charge in [0, 0.05) is 16.8 Å². The third-order valence-corrected chi connectivity index (χ3v) is 2.69. The largest absolute Gasteiger partial charge is 0.424 e. The number of rotatable bonds is 3. The second-order valence-electron chi connectivity index (χ2n) is 2.36. The molecule has 0 aliphatic carbocycles. The van der Waals surface area contributed by atoms with Gasteiger partial charge in [-0.1, -0.05) is 25.1 Å². The SMILES string of the molecule is CCP(=O)(O)Oc1ccccc1.[Co]. The quantitative estimate of drug-likeness (QED) is 0.831. The van der Waals surface area contributed by atoms with Gasteiger partial charge in [0.05, 0.1) is 6.16 Å². The van der Waals surface area contributed by atoms with Gasteiger partial charge in [0.1, 0.15) is 5.75 Å². The maximum atomic E-state index is 11.1. The molecule has 0 aliphatic rings. The summed E-state index contributed by atoms with van der Waals surface area (Å²) in [5, 5.41) is 0. The van der Waals surface area contributed by atoms with E-state index in [0.29, 0.717) is 5.75 Å². The molecule has 1 N–H and O–H groups in total. The van der Waals surface area contributed by atoms with Gasteiger partial charge in [-0.15, -0.1) is 0 Å². The zero-order chi connectivity index (χ0) is 9.03. The summed E-state index contributed by atoms with van der Waals surface area (Å²) in [7, 11) is -3.40. The molecule has 1 aromatic rings. The van der Waals surface area contributed by atoms with E-state index in [4.69, 9.17) is 9.42 Å². The minimum atomic E-state index is -3.40. The van der Waals surface area contributed by atoms with E-state index in [1.807, 2.05) is 6.07 Å². The van der Waals surface area contributed by atoms with Crippen molar-refractivity contribution >= 4 is 7.60 Å². The van der Waals surface area contributed by atoms with Crippen LogP contribution in [0, 0.1) is 0 Å². The predicted octanol–water partition coefficient (Wildman–Crippen LogP) is 2.27. The Morgan fingerprint density at radius 2 is 1.92 bits per heavy atom. The summed E-state index contributed by atoms with van der Waals surface area (Å²) in [6.45, 7) is 1.61. The van der Waals surface area contributed by atoms with Crippen LogP contribution in [-0.2, 0) is 21.3 Å². The van der Waals surface area contributed by atoms with Crippen LogP contribution < -0.4 is 4.52 Å². The van der Waals surface area contributed by atoms with Crippen molar-refractivity contribution in [1.29, 1.82) is 0 Å². The first-order valence-corrected chi connectivity index (χ1v) is 5.47. The van der Waals surface area contributed by atoms with E-state index in [-0.39, 0.29) is 22.9 Å². The molecule has 0 bridgehead atoms. The van der Waals surface area contributed by atoms with Crippen LogP contribution in [0.5, 0.6) is 5.75 Å². The van der Waals surface area contributed by atoms with Crippen LogP contribution in [-0.4, -0.2) is 11.1 Å². The molecule has 1 rings (SSSR count). The summed E-state index contributed by atoms with van der Waals surface area (Å²) in [4.78, 5) is 9.11. The topological polar surface area (TPSA) is 46.5 Å². The standard InChI is InChI=1S/C8H11O3P.Co/c1-2-12(9,10)11-8-6-4-3-5-7-8;/h3-7H,2H2,1H3,(H,9,10);. The Bertz CT molecular complexity index is 289. The number of benzene rings is 1. The summed E-state index contributed by atoms with van der Waals surface area (Å²) in [6.07, 6.45) is 0.127. The van der Waals surface area contributed by atoms with Crippen LogP contribution in [0.4, 0.5) is 0 Å². The fraction of sp³-hybridized carbons (Fsp3) is 0.250. The molecule has 0 saturated heterocycles. The zero-order valence-electron chi connectivity index (χ0n) is 7.14. The van der Waals surface area contributed by atoms with E-state index in [2.05, 4.69) is 0 Å². The van der Waals surface area contributed by atoms with Gasteiger partial charge in [-0.3, -0.25) is 0 Å². The first-order valence-electron chi connectivity index (χ1n) is 3.70. The van der Waals surface area contributed by atoms with E-state index < -0.39 is 7.60 Å². The monoisotopic (exact) mass is 245 g/mol. The molecular weight excluding hydrogens is 234 g/mol. The maximum absolute atomic E-state index is 11.1. The molecule has 75 valence electrons. The van der Waals surface area contributed by atoms with Gasteiger partial charge >= 0.3 is 7.60 Å². The molecule has 0 aliphatic heterocycles. The summed E-state index contributed by atoms with van der Waals surface area (Å²) >= 11 is 0. The van der Waals surface area contributed by atoms with Gasteiger partial charge in [0.25, 0.3) is 0 Å². The first kappa shape index (κ1) is 12.7. The molecule has 5 heteroatoms. The minimum absolute atomic E-state index is 0. The van der Waals surface area contributed by atoms with E-state index in [1.165, 1.54) is 0 Å². The fourth-order valence-corrected chi connectivity index (χ4v) is 1.29. The third-order valence-electron chi connectivity index (χ3n) is 1.39. The second-order valence-corrected chi connectivity index (χ2v) is 4.45. The molecule has 0 amide bonds. The van der Waals surface area contributed by atoms with Crippen molar-refractivity contribution in [3.8, 4) is 5.75 Å². The second kappa shape index (κ2) is 5.45. The molecular formula is C8H11CoO3P. The maximum Gasteiger partial charge on any atom is 0.376 e. The Hall–Kier alpha value is -0.284. The molecule has 1 atom stereocenters. The minimum Gasteiger partial charge on any atom is -0.424 e.